The standard InChI is InChI=1S/C22H25NO4/c1-16(24)20-12-19-22(26-15-18-10-6-3-7-11-18)21(13-23(19)27-20)25-14-17-8-4-2-5-9-17/h2-11,19-22H,12-15H2,1H3/t19-,20-,21-,22-/m0/s1. The van der Waals surface area contributed by atoms with Gasteiger partial charge in [-0.25, -0.2) is 0 Å². The molecule has 2 aromatic rings. The molecule has 2 saturated heterocycles. The van der Waals surface area contributed by atoms with E-state index >= 15 is 0 Å². The molecule has 27 heavy (non-hydrogen) atoms. The molecule has 2 heterocycles. The van der Waals surface area contributed by atoms with Crippen LogP contribution in [0, 0.1) is 0 Å². The Labute approximate surface area is 159 Å². The minimum atomic E-state index is -0.368. The molecule has 4 atom stereocenters. The minimum absolute atomic E-state index is 0.0448. The van der Waals surface area contributed by atoms with Crippen LogP contribution in [0.4, 0.5) is 0 Å². The number of rotatable bonds is 7. The molecule has 0 aromatic heterocycles. The zero-order valence-corrected chi connectivity index (χ0v) is 15.5. The highest BCUT2D eigenvalue weighted by molar-refractivity contribution is 5.80. The lowest BCUT2D eigenvalue weighted by atomic mass is 10.0. The molecule has 0 aliphatic carbocycles. The summed E-state index contributed by atoms with van der Waals surface area (Å²) in [4.78, 5) is 17.6. The fraction of sp³-hybridized carbons (Fsp3) is 0.409. The first-order valence-corrected chi connectivity index (χ1v) is 9.45. The Balaban J connectivity index is 1.43. The van der Waals surface area contributed by atoms with Gasteiger partial charge in [-0.05, 0) is 18.1 Å². The molecule has 0 unspecified atom stereocenters. The van der Waals surface area contributed by atoms with E-state index in [1.807, 2.05) is 41.5 Å². The molecule has 0 bridgehead atoms. The summed E-state index contributed by atoms with van der Waals surface area (Å²) < 4.78 is 12.5. The van der Waals surface area contributed by atoms with Crippen LogP contribution < -0.4 is 0 Å². The lowest BCUT2D eigenvalue weighted by Crippen LogP contribution is -2.36. The average Bonchev–Trinajstić information content (AvgIpc) is 3.24. The Morgan fingerprint density at radius 3 is 2.19 bits per heavy atom. The van der Waals surface area contributed by atoms with Gasteiger partial charge in [-0.1, -0.05) is 60.7 Å². The molecule has 2 aliphatic heterocycles. The summed E-state index contributed by atoms with van der Waals surface area (Å²) in [6.07, 6.45) is 0.0676. The second kappa shape index (κ2) is 8.31. The van der Waals surface area contributed by atoms with Crippen LogP contribution in [0.3, 0.4) is 0 Å². The maximum absolute atomic E-state index is 11.7. The van der Waals surface area contributed by atoms with Gasteiger partial charge in [-0.15, -0.1) is 0 Å². The highest BCUT2D eigenvalue weighted by Crippen LogP contribution is 2.35. The van der Waals surface area contributed by atoms with Gasteiger partial charge < -0.3 is 9.47 Å². The average molecular weight is 367 g/mol. The SMILES string of the molecule is CC(=O)[C@@H]1C[C@H]2[C@H](OCc3ccccc3)[C@@H](OCc3ccccc3)CN2O1. The van der Waals surface area contributed by atoms with Crippen molar-refractivity contribution in [2.75, 3.05) is 6.54 Å². The minimum Gasteiger partial charge on any atom is -0.369 e. The Bertz CT molecular complexity index is 751. The molecule has 0 spiro atoms. The smallest absolute Gasteiger partial charge is 0.160 e. The number of ketones is 1. The van der Waals surface area contributed by atoms with Crippen molar-refractivity contribution < 1.29 is 19.1 Å². The van der Waals surface area contributed by atoms with Crippen LogP contribution in [0.15, 0.2) is 60.7 Å². The van der Waals surface area contributed by atoms with Crippen molar-refractivity contribution >= 4 is 5.78 Å². The van der Waals surface area contributed by atoms with E-state index in [-0.39, 0.29) is 30.1 Å². The van der Waals surface area contributed by atoms with Gasteiger partial charge in [0.2, 0.25) is 0 Å². The molecular weight excluding hydrogens is 342 g/mol. The molecule has 0 N–H and O–H groups in total. The van der Waals surface area contributed by atoms with Gasteiger partial charge in [0.15, 0.2) is 5.78 Å². The first-order chi connectivity index (χ1) is 13.2. The molecule has 0 amide bonds. The van der Waals surface area contributed by atoms with E-state index in [4.69, 9.17) is 14.3 Å². The number of hydrogen-bond acceptors (Lipinski definition) is 5. The fourth-order valence-corrected chi connectivity index (χ4v) is 3.78. The van der Waals surface area contributed by atoms with E-state index < -0.39 is 0 Å². The number of hydrogen-bond donors (Lipinski definition) is 0. The number of hydroxylamine groups is 2. The first kappa shape index (κ1) is 18.3. The number of carbonyl (C=O) groups is 1. The molecular formula is C22H25NO4. The van der Waals surface area contributed by atoms with Crippen LogP contribution in [-0.2, 0) is 32.3 Å². The largest absolute Gasteiger partial charge is 0.369 e. The van der Waals surface area contributed by atoms with Crippen LogP contribution in [-0.4, -0.2) is 41.7 Å². The van der Waals surface area contributed by atoms with Crippen molar-refractivity contribution in [1.82, 2.24) is 5.06 Å². The van der Waals surface area contributed by atoms with Crippen molar-refractivity contribution in [1.29, 1.82) is 0 Å². The summed E-state index contributed by atoms with van der Waals surface area (Å²) in [5, 5.41) is 1.89. The van der Waals surface area contributed by atoms with Gasteiger partial charge in [0.05, 0.1) is 25.8 Å². The van der Waals surface area contributed by atoms with Crippen molar-refractivity contribution in [2.45, 2.75) is 50.9 Å². The number of ether oxygens (including phenoxy) is 2. The van der Waals surface area contributed by atoms with Crippen LogP contribution in [0.2, 0.25) is 0 Å². The second-order valence-corrected chi connectivity index (χ2v) is 7.20. The van der Waals surface area contributed by atoms with Gasteiger partial charge in [0.25, 0.3) is 0 Å². The second-order valence-electron chi connectivity index (χ2n) is 7.20. The lowest BCUT2D eigenvalue weighted by Gasteiger charge is -2.23. The van der Waals surface area contributed by atoms with Crippen LogP contribution in [0.1, 0.15) is 24.5 Å². The highest BCUT2D eigenvalue weighted by atomic mass is 16.7. The van der Waals surface area contributed by atoms with E-state index in [9.17, 15) is 4.79 Å². The molecule has 5 heteroatoms. The summed E-state index contributed by atoms with van der Waals surface area (Å²) in [6.45, 7) is 3.25. The normalized spacial score (nSPS) is 27.6. The zero-order valence-electron chi connectivity index (χ0n) is 15.5. The first-order valence-electron chi connectivity index (χ1n) is 9.45. The summed E-state index contributed by atoms with van der Waals surface area (Å²) >= 11 is 0. The number of nitrogens with zero attached hydrogens (tertiary/aromatic N) is 1. The number of fused-ring (bicyclic) bond motifs is 1. The summed E-state index contributed by atoms with van der Waals surface area (Å²) in [5.41, 5.74) is 2.26. The quantitative estimate of drug-likeness (QED) is 0.752. The van der Waals surface area contributed by atoms with Gasteiger partial charge in [0.1, 0.15) is 18.3 Å². The molecule has 5 nitrogen and oxygen atoms in total. The Morgan fingerprint density at radius 1 is 1.00 bits per heavy atom. The molecule has 0 saturated carbocycles. The summed E-state index contributed by atoms with van der Waals surface area (Å²) in [7, 11) is 0. The summed E-state index contributed by atoms with van der Waals surface area (Å²) in [6, 6.07) is 20.3. The molecule has 2 aromatic carbocycles. The van der Waals surface area contributed by atoms with Crippen molar-refractivity contribution in [3.05, 3.63) is 71.8 Å². The van der Waals surface area contributed by atoms with E-state index in [2.05, 4.69) is 24.3 Å². The van der Waals surface area contributed by atoms with E-state index in [1.54, 1.807) is 6.92 Å². The highest BCUT2D eigenvalue weighted by Gasteiger charge is 2.50. The third kappa shape index (κ3) is 4.28. The maximum atomic E-state index is 11.7. The molecule has 2 fully saturated rings. The topological polar surface area (TPSA) is 48.0 Å². The van der Waals surface area contributed by atoms with E-state index in [1.165, 1.54) is 0 Å². The van der Waals surface area contributed by atoms with Gasteiger partial charge in [0, 0.05) is 6.42 Å². The third-order valence-electron chi connectivity index (χ3n) is 5.24. The van der Waals surface area contributed by atoms with Crippen molar-refractivity contribution in [3.8, 4) is 0 Å². The molecule has 0 radical (unpaired) electrons. The number of carbonyl (C=O) groups excluding carboxylic acids is 1. The van der Waals surface area contributed by atoms with Gasteiger partial charge >= 0.3 is 0 Å². The summed E-state index contributed by atoms with van der Waals surface area (Å²) in [5.74, 6) is 0.0629. The van der Waals surface area contributed by atoms with E-state index in [0.717, 1.165) is 11.1 Å². The van der Waals surface area contributed by atoms with Crippen LogP contribution >= 0.6 is 0 Å². The Hall–Kier alpha value is -2.05. The molecule has 4 rings (SSSR count). The molecule has 2 aliphatic rings. The van der Waals surface area contributed by atoms with Gasteiger partial charge in [-0.2, -0.15) is 5.06 Å². The van der Waals surface area contributed by atoms with Gasteiger partial charge in [-0.3, -0.25) is 9.63 Å². The van der Waals surface area contributed by atoms with Crippen LogP contribution in [0.25, 0.3) is 0 Å². The van der Waals surface area contributed by atoms with E-state index in [0.29, 0.717) is 26.2 Å². The Kier molecular flexibility index (Phi) is 5.64. The predicted octanol–water partition coefficient (Wildman–Crippen LogP) is 3.13. The number of Topliss-reactive ketones (excluding diaryl/α,β-unsaturated/α-hetero) is 1. The predicted molar refractivity (Wildman–Crippen MR) is 101 cm³/mol. The number of benzene rings is 2. The van der Waals surface area contributed by atoms with Crippen LogP contribution in [0.5, 0.6) is 0 Å². The molecule has 142 valence electrons. The maximum Gasteiger partial charge on any atom is 0.160 e. The fourth-order valence-electron chi connectivity index (χ4n) is 3.78. The zero-order chi connectivity index (χ0) is 18.6. The van der Waals surface area contributed by atoms with Crippen molar-refractivity contribution in [2.24, 2.45) is 0 Å². The van der Waals surface area contributed by atoms with Crippen molar-refractivity contribution in [3.63, 3.8) is 0 Å². The third-order valence-corrected chi connectivity index (χ3v) is 5.24. The monoisotopic (exact) mass is 367 g/mol. The Morgan fingerprint density at radius 2 is 1.59 bits per heavy atom. The lowest BCUT2D eigenvalue weighted by molar-refractivity contribution is -0.167.